The highest BCUT2D eigenvalue weighted by Gasteiger charge is 2.15. The fourth-order valence-electron chi connectivity index (χ4n) is 3.94. The number of piperidine rings is 1. The number of hydrogen-bond acceptors (Lipinski definition) is 5. The molecule has 0 unspecified atom stereocenters. The van der Waals surface area contributed by atoms with Gasteiger partial charge in [-0.25, -0.2) is 9.97 Å². The Bertz CT molecular complexity index is 998. The Morgan fingerprint density at radius 3 is 2.53 bits per heavy atom. The molecular formula is C26H31N5O. The van der Waals surface area contributed by atoms with Crippen LogP contribution in [0, 0.1) is 5.92 Å². The van der Waals surface area contributed by atoms with Gasteiger partial charge in [0.1, 0.15) is 12.1 Å². The van der Waals surface area contributed by atoms with Crippen molar-refractivity contribution in [1.82, 2.24) is 20.2 Å². The van der Waals surface area contributed by atoms with Crippen LogP contribution in [0.2, 0.25) is 0 Å². The topological polar surface area (TPSA) is 70.2 Å². The first-order valence-electron chi connectivity index (χ1n) is 11.4. The zero-order chi connectivity index (χ0) is 22.2. The molecule has 0 saturated carbocycles. The number of amides is 1. The van der Waals surface area contributed by atoms with Crippen molar-refractivity contribution in [2.45, 2.75) is 26.2 Å². The lowest BCUT2D eigenvalue weighted by Gasteiger charge is -2.30. The maximum absolute atomic E-state index is 12.4. The second-order valence-corrected chi connectivity index (χ2v) is 8.49. The van der Waals surface area contributed by atoms with Gasteiger partial charge >= 0.3 is 0 Å². The number of benzene rings is 2. The lowest BCUT2D eigenvalue weighted by Crippen LogP contribution is -2.35. The fourth-order valence-corrected chi connectivity index (χ4v) is 3.94. The second-order valence-electron chi connectivity index (χ2n) is 8.49. The molecule has 1 aliphatic heterocycles. The van der Waals surface area contributed by atoms with E-state index in [0.29, 0.717) is 17.9 Å². The lowest BCUT2D eigenvalue weighted by atomic mass is 9.99. The smallest absolute Gasteiger partial charge is 0.251 e. The van der Waals surface area contributed by atoms with E-state index in [9.17, 15) is 4.79 Å². The second kappa shape index (κ2) is 10.9. The van der Waals surface area contributed by atoms with Crippen LogP contribution in [0.1, 0.15) is 36.5 Å². The molecule has 166 valence electrons. The minimum Gasteiger partial charge on any atom is -0.352 e. The monoisotopic (exact) mass is 429 g/mol. The van der Waals surface area contributed by atoms with E-state index in [4.69, 9.17) is 0 Å². The summed E-state index contributed by atoms with van der Waals surface area (Å²) < 4.78 is 0. The Morgan fingerprint density at radius 2 is 1.78 bits per heavy atom. The molecule has 0 bridgehead atoms. The van der Waals surface area contributed by atoms with Gasteiger partial charge in [-0.3, -0.25) is 4.79 Å². The molecule has 2 N–H and O–H groups in total. The summed E-state index contributed by atoms with van der Waals surface area (Å²) in [5, 5.41) is 6.32. The quantitative estimate of drug-likeness (QED) is 0.506. The molecule has 0 atom stereocenters. The van der Waals surface area contributed by atoms with E-state index in [0.717, 1.165) is 35.8 Å². The maximum atomic E-state index is 12.4. The fraction of sp³-hybridized carbons (Fsp3) is 0.346. The summed E-state index contributed by atoms with van der Waals surface area (Å²) in [5.41, 5.74) is 3.44. The van der Waals surface area contributed by atoms with Crippen molar-refractivity contribution in [2.75, 3.05) is 31.5 Å². The molecule has 1 aliphatic rings. The number of aromatic nitrogens is 2. The van der Waals surface area contributed by atoms with Gasteiger partial charge in [-0.2, -0.15) is 0 Å². The minimum absolute atomic E-state index is 0.0304. The molecule has 4 rings (SSSR count). The Morgan fingerprint density at radius 1 is 1.03 bits per heavy atom. The normalized spacial score (nSPS) is 14.8. The van der Waals surface area contributed by atoms with Crippen LogP contribution >= 0.6 is 0 Å². The number of carbonyl (C=O) groups excluding carboxylic acids is 1. The number of nitrogens with one attached hydrogen (secondary N) is 2. The number of carbonyl (C=O) groups is 1. The third-order valence-electron chi connectivity index (χ3n) is 5.97. The van der Waals surface area contributed by atoms with E-state index in [-0.39, 0.29) is 5.91 Å². The molecule has 6 nitrogen and oxygen atoms in total. The molecule has 1 fully saturated rings. The SMILES string of the molecule is CC1CCN(CCCNC(=O)c2ccc(Nc3cc(-c4ccccc4)ncn3)cc2)CC1. The predicted octanol–water partition coefficient (Wildman–Crippen LogP) is 4.74. The Labute approximate surface area is 190 Å². The molecule has 6 heteroatoms. The molecule has 0 spiro atoms. The summed E-state index contributed by atoms with van der Waals surface area (Å²) in [6.07, 6.45) is 5.11. The predicted molar refractivity (Wildman–Crippen MR) is 129 cm³/mol. The van der Waals surface area contributed by atoms with Gasteiger partial charge in [-0.1, -0.05) is 37.3 Å². The van der Waals surface area contributed by atoms with Gasteiger partial charge in [0, 0.05) is 29.4 Å². The number of anilines is 2. The van der Waals surface area contributed by atoms with Crippen molar-refractivity contribution < 1.29 is 4.79 Å². The summed E-state index contributed by atoms with van der Waals surface area (Å²) in [7, 11) is 0. The van der Waals surface area contributed by atoms with Crippen molar-refractivity contribution in [1.29, 1.82) is 0 Å². The molecule has 1 saturated heterocycles. The average molecular weight is 430 g/mol. The van der Waals surface area contributed by atoms with Crippen LogP contribution in [-0.2, 0) is 0 Å². The van der Waals surface area contributed by atoms with Crippen molar-refractivity contribution >= 4 is 17.4 Å². The molecule has 0 radical (unpaired) electrons. The highest BCUT2D eigenvalue weighted by atomic mass is 16.1. The first-order chi connectivity index (χ1) is 15.7. The highest BCUT2D eigenvalue weighted by Crippen LogP contribution is 2.21. The van der Waals surface area contributed by atoms with Crippen LogP contribution < -0.4 is 10.6 Å². The molecule has 2 aromatic carbocycles. The van der Waals surface area contributed by atoms with Gasteiger partial charge in [0.15, 0.2) is 0 Å². The van der Waals surface area contributed by atoms with E-state index in [2.05, 4.69) is 32.4 Å². The van der Waals surface area contributed by atoms with Crippen LogP contribution in [0.5, 0.6) is 0 Å². The van der Waals surface area contributed by atoms with Crippen LogP contribution in [0.3, 0.4) is 0 Å². The molecule has 1 amide bonds. The number of likely N-dealkylation sites (tertiary alicyclic amines) is 1. The van der Waals surface area contributed by atoms with Crippen LogP contribution in [0.15, 0.2) is 67.0 Å². The van der Waals surface area contributed by atoms with Crippen molar-refractivity contribution in [3.63, 3.8) is 0 Å². The van der Waals surface area contributed by atoms with Gasteiger partial charge in [0.05, 0.1) is 5.69 Å². The van der Waals surface area contributed by atoms with E-state index < -0.39 is 0 Å². The van der Waals surface area contributed by atoms with Crippen LogP contribution in [-0.4, -0.2) is 47.0 Å². The number of rotatable bonds is 8. The molecule has 2 heterocycles. The van der Waals surface area contributed by atoms with Gasteiger partial charge < -0.3 is 15.5 Å². The molecule has 3 aromatic rings. The van der Waals surface area contributed by atoms with Crippen LogP contribution in [0.25, 0.3) is 11.3 Å². The highest BCUT2D eigenvalue weighted by molar-refractivity contribution is 5.94. The van der Waals surface area contributed by atoms with Gasteiger partial charge in [-0.05, 0) is 69.1 Å². The summed E-state index contributed by atoms with van der Waals surface area (Å²) in [6, 6.07) is 19.4. The number of nitrogens with zero attached hydrogens (tertiary/aromatic N) is 3. The van der Waals surface area contributed by atoms with E-state index in [1.807, 2.05) is 60.7 Å². The molecule has 32 heavy (non-hydrogen) atoms. The van der Waals surface area contributed by atoms with E-state index in [1.165, 1.54) is 25.9 Å². The van der Waals surface area contributed by atoms with Crippen molar-refractivity contribution in [3.8, 4) is 11.3 Å². The van der Waals surface area contributed by atoms with Gasteiger partial charge in [0.25, 0.3) is 5.91 Å². The first kappa shape index (κ1) is 22.0. The molecule has 0 aliphatic carbocycles. The zero-order valence-corrected chi connectivity index (χ0v) is 18.6. The third kappa shape index (κ3) is 6.14. The summed E-state index contributed by atoms with van der Waals surface area (Å²) in [5.74, 6) is 1.53. The van der Waals surface area contributed by atoms with E-state index in [1.54, 1.807) is 6.33 Å². The van der Waals surface area contributed by atoms with Gasteiger partial charge in [0.2, 0.25) is 0 Å². The van der Waals surface area contributed by atoms with Crippen LogP contribution in [0.4, 0.5) is 11.5 Å². The largest absolute Gasteiger partial charge is 0.352 e. The first-order valence-corrected chi connectivity index (χ1v) is 11.4. The Hall–Kier alpha value is -3.25. The third-order valence-corrected chi connectivity index (χ3v) is 5.97. The maximum Gasteiger partial charge on any atom is 0.251 e. The molecule has 1 aromatic heterocycles. The summed E-state index contributed by atoms with van der Waals surface area (Å²) in [6.45, 7) is 6.45. The standard InChI is InChI=1S/C26H31N5O/c1-20-12-16-31(17-13-20)15-5-14-27-26(32)22-8-10-23(11-9-22)30-25-18-24(28-19-29-25)21-6-3-2-4-7-21/h2-4,6-11,18-20H,5,12-17H2,1H3,(H,27,32)(H,28,29,30). The Kier molecular flexibility index (Phi) is 7.46. The van der Waals surface area contributed by atoms with Crippen molar-refractivity contribution in [3.05, 3.63) is 72.6 Å². The summed E-state index contributed by atoms with van der Waals surface area (Å²) in [4.78, 5) is 23.6. The average Bonchev–Trinajstić information content (AvgIpc) is 2.84. The summed E-state index contributed by atoms with van der Waals surface area (Å²) >= 11 is 0. The lowest BCUT2D eigenvalue weighted by molar-refractivity contribution is 0.0950. The van der Waals surface area contributed by atoms with E-state index >= 15 is 0 Å². The molecular weight excluding hydrogens is 398 g/mol. The number of hydrogen-bond donors (Lipinski definition) is 2. The zero-order valence-electron chi connectivity index (χ0n) is 18.6. The van der Waals surface area contributed by atoms with Crippen molar-refractivity contribution in [2.24, 2.45) is 5.92 Å². The Balaban J connectivity index is 1.25. The minimum atomic E-state index is -0.0304. The van der Waals surface area contributed by atoms with Gasteiger partial charge in [-0.15, -0.1) is 0 Å².